The van der Waals surface area contributed by atoms with Gasteiger partial charge < -0.3 is 10.5 Å². The van der Waals surface area contributed by atoms with E-state index in [1.165, 1.54) is 6.07 Å². The van der Waals surface area contributed by atoms with E-state index in [0.717, 1.165) is 30.1 Å². The molecule has 1 aliphatic rings. The van der Waals surface area contributed by atoms with Crippen LogP contribution in [0.3, 0.4) is 0 Å². The van der Waals surface area contributed by atoms with Gasteiger partial charge in [0.1, 0.15) is 5.82 Å². The molecule has 1 unspecified atom stereocenters. The number of ether oxygens (including phenoxy) is 1. The molecule has 2 N–H and O–H groups in total. The summed E-state index contributed by atoms with van der Waals surface area (Å²) in [6.07, 6.45) is 2.49. The first-order chi connectivity index (χ1) is 7.66. The van der Waals surface area contributed by atoms with Gasteiger partial charge in [-0.1, -0.05) is 11.6 Å². The molecule has 16 heavy (non-hydrogen) atoms. The van der Waals surface area contributed by atoms with Crippen molar-refractivity contribution in [3.63, 3.8) is 0 Å². The van der Waals surface area contributed by atoms with Crippen molar-refractivity contribution in [2.24, 2.45) is 0 Å². The molecule has 5 heteroatoms. The van der Waals surface area contributed by atoms with Gasteiger partial charge in [0.05, 0.1) is 11.1 Å². The van der Waals surface area contributed by atoms with Crippen molar-refractivity contribution in [3.05, 3.63) is 23.0 Å². The number of rotatable bonds is 3. The second-order valence-electron chi connectivity index (χ2n) is 3.75. The second-order valence-corrected chi connectivity index (χ2v) is 5.22. The van der Waals surface area contributed by atoms with Crippen molar-refractivity contribution in [1.29, 1.82) is 0 Å². The van der Waals surface area contributed by atoms with E-state index in [9.17, 15) is 4.39 Å². The third kappa shape index (κ3) is 2.81. The van der Waals surface area contributed by atoms with Gasteiger partial charge >= 0.3 is 0 Å². The molecule has 0 aromatic heterocycles. The Hall–Kier alpha value is -0.450. The maximum atomic E-state index is 13.1. The molecule has 2 nitrogen and oxygen atoms in total. The SMILES string of the molecule is Nc1cc(F)c(Cl)cc1SCC1CCCO1. The number of hydrogen-bond acceptors (Lipinski definition) is 3. The molecule has 0 spiro atoms. The molecule has 1 aromatic rings. The highest BCUT2D eigenvalue weighted by Crippen LogP contribution is 2.32. The Morgan fingerprint density at radius 3 is 3.06 bits per heavy atom. The number of thioether (sulfide) groups is 1. The number of nitrogens with two attached hydrogens (primary N) is 1. The second kappa shape index (κ2) is 5.25. The number of hydrogen-bond donors (Lipinski definition) is 1. The van der Waals surface area contributed by atoms with E-state index in [4.69, 9.17) is 22.1 Å². The van der Waals surface area contributed by atoms with Crippen molar-refractivity contribution >= 4 is 29.1 Å². The highest BCUT2D eigenvalue weighted by atomic mass is 35.5. The van der Waals surface area contributed by atoms with Crippen LogP contribution in [-0.4, -0.2) is 18.5 Å². The van der Waals surface area contributed by atoms with Crippen LogP contribution in [0.15, 0.2) is 17.0 Å². The quantitative estimate of drug-likeness (QED) is 0.670. The molecule has 2 rings (SSSR count). The first kappa shape index (κ1) is 12.0. The molecule has 88 valence electrons. The van der Waals surface area contributed by atoms with Gasteiger partial charge in [-0.25, -0.2) is 4.39 Å². The van der Waals surface area contributed by atoms with E-state index in [1.54, 1.807) is 17.8 Å². The lowest BCUT2D eigenvalue weighted by atomic mass is 10.3. The Balaban J connectivity index is 2.00. The summed E-state index contributed by atoms with van der Waals surface area (Å²) in [6, 6.07) is 2.84. The average Bonchev–Trinajstić information content (AvgIpc) is 2.74. The number of anilines is 1. The molecule has 1 aliphatic heterocycles. The van der Waals surface area contributed by atoms with E-state index in [1.807, 2.05) is 0 Å². The summed E-state index contributed by atoms with van der Waals surface area (Å²) >= 11 is 7.27. The van der Waals surface area contributed by atoms with Crippen LogP contribution in [0, 0.1) is 5.82 Å². The highest BCUT2D eigenvalue weighted by Gasteiger charge is 2.16. The smallest absolute Gasteiger partial charge is 0.143 e. The van der Waals surface area contributed by atoms with Crippen molar-refractivity contribution in [2.75, 3.05) is 18.1 Å². The standard InChI is InChI=1S/C11H13ClFNOS/c12-8-4-11(10(14)5-9(8)13)16-6-7-2-1-3-15-7/h4-5,7H,1-3,6,14H2. The van der Waals surface area contributed by atoms with Crippen LogP contribution in [0.2, 0.25) is 5.02 Å². The fourth-order valence-electron chi connectivity index (χ4n) is 1.63. The minimum atomic E-state index is -0.472. The summed E-state index contributed by atoms with van der Waals surface area (Å²) in [5, 5.41) is 0.115. The van der Waals surface area contributed by atoms with Crippen LogP contribution < -0.4 is 5.73 Å². The van der Waals surface area contributed by atoms with E-state index >= 15 is 0 Å². The molecule has 1 heterocycles. The van der Waals surface area contributed by atoms with Crippen molar-refractivity contribution in [1.82, 2.24) is 0 Å². The molecular formula is C11H13ClFNOS. The Kier molecular flexibility index (Phi) is 3.95. The minimum Gasteiger partial charge on any atom is -0.398 e. The zero-order chi connectivity index (χ0) is 11.5. The summed E-state index contributed by atoms with van der Waals surface area (Å²) in [6.45, 7) is 0.838. The molecule has 0 saturated carbocycles. The largest absolute Gasteiger partial charge is 0.398 e. The molecule has 0 aliphatic carbocycles. The Bertz CT molecular complexity index is 382. The normalized spacial score (nSPS) is 20.2. The maximum Gasteiger partial charge on any atom is 0.143 e. The summed E-state index contributed by atoms with van der Waals surface area (Å²) in [5.74, 6) is 0.368. The number of halogens is 2. The Morgan fingerprint density at radius 1 is 1.56 bits per heavy atom. The van der Waals surface area contributed by atoms with Gasteiger partial charge in [-0.15, -0.1) is 11.8 Å². The zero-order valence-electron chi connectivity index (χ0n) is 8.71. The zero-order valence-corrected chi connectivity index (χ0v) is 10.3. The van der Waals surface area contributed by atoms with Gasteiger partial charge in [-0.2, -0.15) is 0 Å². The van der Waals surface area contributed by atoms with Gasteiger partial charge in [0, 0.05) is 22.9 Å². The van der Waals surface area contributed by atoms with Gasteiger partial charge in [-0.3, -0.25) is 0 Å². The third-order valence-electron chi connectivity index (χ3n) is 2.50. The number of benzene rings is 1. The molecule has 1 fully saturated rings. The molecule has 0 amide bonds. The maximum absolute atomic E-state index is 13.1. The summed E-state index contributed by atoms with van der Waals surface area (Å²) < 4.78 is 18.6. The Labute approximate surface area is 103 Å². The molecule has 0 bridgehead atoms. The lowest BCUT2D eigenvalue weighted by molar-refractivity contribution is 0.129. The van der Waals surface area contributed by atoms with Gasteiger partial charge in [0.25, 0.3) is 0 Å². The van der Waals surface area contributed by atoms with E-state index in [-0.39, 0.29) is 11.1 Å². The average molecular weight is 262 g/mol. The van der Waals surface area contributed by atoms with Crippen LogP contribution in [0.4, 0.5) is 10.1 Å². The Morgan fingerprint density at radius 2 is 2.38 bits per heavy atom. The molecule has 1 saturated heterocycles. The lowest BCUT2D eigenvalue weighted by Crippen LogP contribution is -2.08. The number of nitrogen functional groups attached to an aromatic ring is 1. The van der Waals surface area contributed by atoms with Gasteiger partial charge in [-0.05, 0) is 25.0 Å². The van der Waals surface area contributed by atoms with Crippen LogP contribution in [0.5, 0.6) is 0 Å². The van der Waals surface area contributed by atoms with Crippen LogP contribution >= 0.6 is 23.4 Å². The monoisotopic (exact) mass is 261 g/mol. The molecule has 1 aromatic carbocycles. The minimum absolute atomic E-state index is 0.115. The highest BCUT2D eigenvalue weighted by molar-refractivity contribution is 7.99. The van der Waals surface area contributed by atoms with Crippen molar-refractivity contribution < 1.29 is 9.13 Å². The van der Waals surface area contributed by atoms with Crippen LogP contribution in [0.1, 0.15) is 12.8 Å². The molecule has 0 radical (unpaired) electrons. The van der Waals surface area contributed by atoms with E-state index in [2.05, 4.69) is 0 Å². The fraction of sp³-hybridized carbons (Fsp3) is 0.455. The topological polar surface area (TPSA) is 35.2 Å². The van der Waals surface area contributed by atoms with Crippen molar-refractivity contribution in [2.45, 2.75) is 23.8 Å². The van der Waals surface area contributed by atoms with Gasteiger partial charge in [0.2, 0.25) is 0 Å². The fourth-order valence-corrected chi connectivity index (χ4v) is 2.91. The van der Waals surface area contributed by atoms with Crippen LogP contribution in [-0.2, 0) is 4.74 Å². The predicted molar refractivity (Wildman–Crippen MR) is 65.5 cm³/mol. The van der Waals surface area contributed by atoms with Crippen molar-refractivity contribution in [3.8, 4) is 0 Å². The molecule has 1 atom stereocenters. The summed E-state index contributed by atoms with van der Waals surface area (Å²) in [7, 11) is 0. The lowest BCUT2D eigenvalue weighted by Gasteiger charge is -2.10. The van der Waals surface area contributed by atoms with Crippen LogP contribution in [0.25, 0.3) is 0 Å². The van der Waals surface area contributed by atoms with E-state index in [0.29, 0.717) is 5.69 Å². The first-order valence-electron chi connectivity index (χ1n) is 5.16. The van der Waals surface area contributed by atoms with E-state index < -0.39 is 5.82 Å². The molecular weight excluding hydrogens is 249 g/mol. The van der Waals surface area contributed by atoms with Gasteiger partial charge in [0.15, 0.2) is 0 Å². The predicted octanol–water partition coefficient (Wildman–Crippen LogP) is 3.33. The third-order valence-corrected chi connectivity index (χ3v) is 3.99. The summed E-state index contributed by atoms with van der Waals surface area (Å²) in [5.41, 5.74) is 6.15. The summed E-state index contributed by atoms with van der Waals surface area (Å²) in [4.78, 5) is 0.821. The first-order valence-corrected chi connectivity index (χ1v) is 6.52.